The van der Waals surface area contributed by atoms with E-state index >= 15 is 0 Å². The molecule has 1 nitrogen and oxygen atoms in total. The van der Waals surface area contributed by atoms with Crippen LogP contribution in [0.3, 0.4) is 0 Å². The smallest absolute Gasteiger partial charge is 0.123 e. The van der Waals surface area contributed by atoms with Crippen molar-refractivity contribution in [2.45, 2.75) is 38.2 Å². The van der Waals surface area contributed by atoms with Gasteiger partial charge in [0.15, 0.2) is 0 Å². The molecular weight excluding hydrogens is 227 g/mol. The summed E-state index contributed by atoms with van der Waals surface area (Å²) in [5.74, 6) is -0.217. The van der Waals surface area contributed by atoms with E-state index in [1.165, 1.54) is 18.2 Å². The zero-order chi connectivity index (χ0) is 11.8. The standard InChI is InChI=1S/C13H16ClFO/c1-9-4-2-3-7-13(9,16)11-8-10(15)5-6-12(11)14/h5-6,8-9,16H,2-4,7H2,1H3. The molecule has 0 bridgehead atoms. The summed E-state index contributed by atoms with van der Waals surface area (Å²) in [6.07, 6.45) is 3.71. The Kier molecular flexibility index (Phi) is 3.22. The summed E-state index contributed by atoms with van der Waals surface area (Å²) in [4.78, 5) is 0. The van der Waals surface area contributed by atoms with Crippen molar-refractivity contribution in [2.75, 3.05) is 0 Å². The van der Waals surface area contributed by atoms with E-state index in [2.05, 4.69) is 0 Å². The van der Waals surface area contributed by atoms with Gasteiger partial charge in [-0.1, -0.05) is 31.4 Å². The Labute approximate surface area is 100 Å². The Morgan fingerprint density at radius 2 is 2.19 bits per heavy atom. The lowest BCUT2D eigenvalue weighted by Gasteiger charge is -2.39. The SMILES string of the molecule is CC1CCCCC1(O)c1cc(F)ccc1Cl. The van der Waals surface area contributed by atoms with E-state index in [4.69, 9.17) is 11.6 Å². The Hall–Kier alpha value is -0.600. The summed E-state index contributed by atoms with van der Waals surface area (Å²) in [6, 6.07) is 4.21. The Morgan fingerprint density at radius 1 is 1.44 bits per heavy atom. The van der Waals surface area contributed by atoms with E-state index in [0.29, 0.717) is 17.0 Å². The molecular formula is C13H16ClFO. The molecule has 88 valence electrons. The predicted molar refractivity (Wildman–Crippen MR) is 62.9 cm³/mol. The summed E-state index contributed by atoms with van der Waals surface area (Å²) < 4.78 is 13.2. The van der Waals surface area contributed by atoms with Crippen LogP contribution in [0.15, 0.2) is 18.2 Å². The molecule has 2 atom stereocenters. The molecule has 0 spiro atoms. The first-order chi connectivity index (χ1) is 7.54. The molecule has 1 aliphatic carbocycles. The Balaban J connectivity index is 2.44. The number of benzene rings is 1. The highest BCUT2D eigenvalue weighted by atomic mass is 35.5. The number of rotatable bonds is 1. The minimum atomic E-state index is -0.961. The van der Waals surface area contributed by atoms with E-state index < -0.39 is 5.60 Å². The maximum Gasteiger partial charge on any atom is 0.123 e. The van der Waals surface area contributed by atoms with Crippen LogP contribution in [0, 0.1) is 11.7 Å². The number of halogens is 2. The first-order valence-corrected chi connectivity index (χ1v) is 6.10. The van der Waals surface area contributed by atoms with E-state index in [0.717, 1.165) is 19.3 Å². The third kappa shape index (κ3) is 1.96. The van der Waals surface area contributed by atoms with Crippen LogP contribution in [-0.4, -0.2) is 5.11 Å². The Bertz CT molecular complexity index is 394. The van der Waals surface area contributed by atoms with Crippen LogP contribution in [0.1, 0.15) is 38.2 Å². The van der Waals surface area contributed by atoms with Crippen LogP contribution in [0.4, 0.5) is 4.39 Å². The van der Waals surface area contributed by atoms with E-state index in [9.17, 15) is 9.50 Å². The van der Waals surface area contributed by atoms with Crippen molar-refractivity contribution in [3.63, 3.8) is 0 Å². The van der Waals surface area contributed by atoms with Crippen molar-refractivity contribution >= 4 is 11.6 Å². The first-order valence-electron chi connectivity index (χ1n) is 5.72. The van der Waals surface area contributed by atoms with E-state index in [1.54, 1.807) is 0 Å². The summed E-state index contributed by atoms with van der Waals surface area (Å²) in [5.41, 5.74) is -0.418. The topological polar surface area (TPSA) is 20.2 Å². The maximum absolute atomic E-state index is 13.2. The molecule has 2 unspecified atom stereocenters. The van der Waals surface area contributed by atoms with Crippen molar-refractivity contribution < 1.29 is 9.50 Å². The van der Waals surface area contributed by atoms with Gasteiger partial charge in [-0.3, -0.25) is 0 Å². The fraction of sp³-hybridized carbons (Fsp3) is 0.538. The zero-order valence-corrected chi connectivity index (χ0v) is 10.1. The molecule has 0 aliphatic heterocycles. The molecule has 1 aliphatic rings. The summed E-state index contributed by atoms with van der Waals surface area (Å²) in [7, 11) is 0. The van der Waals surface area contributed by atoms with Crippen LogP contribution < -0.4 is 0 Å². The van der Waals surface area contributed by atoms with Crippen LogP contribution in [0.5, 0.6) is 0 Å². The van der Waals surface area contributed by atoms with Crippen molar-refractivity contribution in [2.24, 2.45) is 5.92 Å². The van der Waals surface area contributed by atoms with E-state index in [-0.39, 0.29) is 11.7 Å². The fourth-order valence-corrected chi connectivity index (χ4v) is 2.84. The van der Waals surface area contributed by atoms with Crippen molar-refractivity contribution in [3.05, 3.63) is 34.6 Å². The van der Waals surface area contributed by atoms with Gasteiger partial charge < -0.3 is 5.11 Å². The maximum atomic E-state index is 13.2. The number of hydrogen-bond acceptors (Lipinski definition) is 1. The van der Waals surface area contributed by atoms with Gasteiger partial charge in [-0.15, -0.1) is 0 Å². The molecule has 1 aromatic carbocycles. The molecule has 0 heterocycles. The highest BCUT2D eigenvalue weighted by Gasteiger charge is 2.39. The summed E-state index contributed by atoms with van der Waals surface area (Å²) >= 11 is 6.06. The van der Waals surface area contributed by atoms with Gasteiger partial charge in [-0.05, 0) is 37.0 Å². The van der Waals surface area contributed by atoms with Crippen LogP contribution in [-0.2, 0) is 5.60 Å². The van der Waals surface area contributed by atoms with Gasteiger partial charge in [-0.2, -0.15) is 0 Å². The highest BCUT2D eigenvalue weighted by molar-refractivity contribution is 6.31. The quantitative estimate of drug-likeness (QED) is 0.793. The second-order valence-corrected chi connectivity index (χ2v) is 5.10. The molecule has 0 aromatic heterocycles. The molecule has 0 radical (unpaired) electrons. The molecule has 0 amide bonds. The van der Waals surface area contributed by atoms with E-state index in [1.807, 2.05) is 6.92 Å². The summed E-state index contributed by atoms with van der Waals surface area (Å²) in [5, 5.41) is 11.1. The molecule has 1 fully saturated rings. The number of aliphatic hydroxyl groups is 1. The first kappa shape index (κ1) is 11.9. The predicted octanol–water partition coefficient (Wildman–Crippen LogP) is 3.88. The lowest BCUT2D eigenvalue weighted by Crippen LogP contribution is -2.36. The summed E-state index contributed by atoms with van der Waals surface area (Å²) in [6.45, 7) is 2.00. The lowest BCUT2D eigenvalue weighted by molar-refractivity contribution is -0.0470. The fourth-order valence-electron chi connectivity index (χ4n) is 2.56. The molecule has 1 aromatic rings. The largest absolute Gasteiger partial charge is 0.385 e. The average Bonchev–Trinajstić information content (AvgIpc) is 2.26. The molecule has 3 heteroatoms. The molecule has 1 N–H and O–H groups in total. The minimum Gasteiger partial charge on any atom is -0.385 e. The zero-order valence-electron chi connectivity index (χ0n) is 9.34. The monoisotopic (exact) mass is 242 g/mol. The third-order valence-corrected chi connectivity index (χ3v) is 3.98. The Morgan fingerprint density at radius 3 is 2.88 bits per heavy atom. The van der Waals surface area contributed by atoms with Crippen LogP contribution in [0.25, 0.3) is 0 Å². The third-order valence-electron chi connectivity index (χ3n) is 3.66. The van der Waals surface area contributed by atoms with Crippen LogP contribution in [0.2, 0.25) is 5.02 Å². The second kappa shape index (κ2) is 4.34. The van der Waals surface area contributed by atoms with Gasteiger partial charge in [0.1, 0.15) is 5.82 Å². The van der Waals surface area contributed by atoms with Gasteiger partial charge in [0, 0.05) is 10.6 Å². The van der Waals surface area contributed by atoms with Crippen molar-refractivity contribution in [1.82, 2.24) is 0 Å². The van der Waals surface area contributed by atoms with Gasteiger partial charge in [0.25, 0.3) is 0 Å². The molecule has 1 saturated carbocycles. The average molecular weight is 243 g/mol. The van der Waals surface area contributed by atoms with Gasteiger partial charge in [0.2, 0.25) is 0 Å². The minimum absolute atomic E-state index is 0.126. The van der Waals surface area contributed by atoms with Crippen LogP contribution >= 0.6 is 11.6 Å². The van der Waals surface area contributed by atoms with Gasteiger partial charge in [-0.25, -0.2) is 4.39 Å². The second-order valence-electron chi connectivity index (χ2n) is 4.70. The number of hydrogen-bond donors (Lipinski definition) is 1. The highest BCUT2D eigenvalue weighted by Crippen LogP contribution is 2.43. The lowest BCUT2D eigenvalue weighted by atomic mass is 9.72. The molecule has 16 heavy (non-hydrogen) atoms. The molecule has 0 saturated heterocycles. The normalized spacial score (nSPS) is 30.4. The van der Waals surface area contributed by atoms with Crippen molar-refractivity contribution in [1.29, 1.82) is 0 Å². The molecule has 2 rings (SSSR count). The van der Waals surface area contributed by atoms with Crippen molar-refractivity contribution in [3.8, 4) is 0 Å². The van der Waals surface area contributed by atoms with Gasteiger partial charge in [0.05, 0.1) is 5.60 Å². The van der Waals surface area contributed by atoms with Gasteiger partial charge >= 0.3 is 0 Å².